The highest BCUT2D eigenvalue weighted by atomic mass is 16.5. The highest BCUT2D eigenvalue weighted by Crippen LogP contribution is 2.22. The third kappa shape index (κ3) is 26.3. The normalized spacial score (nSPS) is 17.7. The van der Waals surface area contributed by atoms with Crippen LogP contribution in [0, 0.1) is 11.8 Å². The van der Waals surface area contributed by atoms with Crippen LogP contribution >= 0.6 is 0 Å². The van der Waals surface area contributed by atoms with E-state index in [0.29, 0.717) is 25.3 Å². The summed E-state index contributed by atoms with van der Waals surface area (Å²) in [7, 11) is 0. The number of ether oxygens (including phenoxy) is 2. The number of carbonyl (C=O) groups excluding carboxylic acids is 2. The summed E-state index contributed by atoms with van der Waals surface area (Å²) in [6.45, 7) is 13.3. The van der Waals surface area contributed by atoms with Crippen molar-refractivity contribution in [1.82, 2.24) is 10.2 Å². The SMILES string of the molecule is CCCCCCCCC(CC)C(=O)OCCCCC1CN(CCCCO)CC(CCCCOC(=O)C(CCCCCC)CCCCCCCC)N1. The number of hydrogen-bond acceptors (Lipinski definition) is 7. The van der Waals surface area contributed by atoms with Crippen molar-refractivity contribution in [1.29, 1.82) is 0 Å². The van der Waals surface area contributed by atoms with Crippen molar-refractivity contribution in [3.8, 4) is 0 Å². The lowest BCUT2D eigenvalue weighted by atomic mass is 9.94. The summed E-state index contributed by atoms with van der Waals surface area (Å²) in [6.07, 6.45) is 31.7. The molecule has 4 unspecified atom stereocenters. The summed E-state index contributed by atoms with van der Waals surface area (Å²) in [4.78, 5) is 28.3. The predicted octanol–water partition coefficient (Wildman–Crippen LogP) is 10.9. The van der Waals surface area contributed by atoms with Crippen LogP contribution < -0.4 is 5.32 Å². The van der Waals surface area contributed by atoms with Crippen LogP contribution in [0.4, 0.5) is 0 Å². The molecule has 0 aromatic carbocycles. The average molecular weight is 723 g/mol. The molecule has 1 fully saturated rings. The molecule has 1 heterocycles. The second-order valence-electron chi connectivity index (χ2n) is 15.8. The van der Waals surface area contributed by atoms with Gasteiger partial charge in [0, 0.05) is 31.8 Å². The number of rotatable bonds is 36. The smallest absolute Gasteiger partial charge is 0.308 e. The van der Waals surface area contributed by atoms with Crippen LogP contribution in [0.2, 0.25) is 0 Å². The molecule has 0 aromatic heterocycles. The molecular formula is C44H86N2O5. The molecule has 0 spiro atoms. The van der Waals surface area contributed by atoms with Gasteiger partial charge in [-0.3, -0.25) is 9.59 Å². The summed E-state index contributed by atoms with van der Waals surface area (Å²) < 4.78 is 11.6. The van der Waals surface area contributed by atoms with Gasteiger partial charge in [-0.15, -0.1) is 0 Å². The Hall–Kier alpha value is -1.18. The molecule has 4 atom stereocenters. The third-order valence-corrected chi connectivity index (χ3v) is 11.1. The number of hydrogen-bond donors (Lipinski definition) is 2. The van der Waals surface area contributed by atoms with Crippen LogP contribution in [-0.4, -0.2) is 73.5 Å². The minimum absolute atomic E-state index is 0.00273. The van der Waals surface area contributed by atoms with Crippen molar-refractivity contribution in [2.24, 2.45) is 11.8 Å². The third-order valence-electron chi connectivity index (χ3n) is 11.1. The fraction of sp³-hybridized carbons (Fsp3) is 0.955. The van der Waals surface area contributed by atoms with Gasteiger partial charge in [0.1, 0.15) is 0 Å². The number of piperazine rings is 1. The Morgan fingerprint density at radius 3 is 1.47 bits per heavy atom. The van der Waals surface area contributed by atoms with Crippen LogP contribution in [0.5, 0.6) is 0 Å². The highest BCUT2D eigenvalue weighted by Gasteiger charge is 2.26. The van der Waals surface area contributed by atoms with Crippen molar-refractivity contribution in [3.63, 3.8) is 0 Å². The van der Waals surface area contributed by atoms with Crippen LogP contribution in [0.3, 0.4) is 0 Å². The Kier molecular flexibility index (Phi) is 32.4. The van der Waals surface area contributed by atoms with Crippen molar-refractivity contribution >= 4 is 11.9 Å². The Balaban J connectivity index is 2.42. The van der Waals surface area contributed by atoms with Crippen LogP contribution in [0.15, 0.2) is 0 Å². The van der Waals surface area contributed by atoms with E-state index in [2.05, 4.69) is 37.9 Å². The highest BCUT2D eigenvalue weighted by molar-refractivity contribution is 5.72. The number of unbranched alkanes of at least 4 members (excludes halogenated alkanes) is 16. The van der Waals surface area contributed by atoms with E-state index in [0.717, 1.165) is 116 Å². The van der Waals surface area contributed by atoms with E-state index in [1.165, 1.54) is 83.5 Å². The first-order chi connectivity index (χ1) is 25.0. The molecule has 0 amide bonds. The van der Waals surface area contributed by atoms with E-state index >= 15 is 0 Å². The molecule has 0 aromatic rings. The van der Waals surface area contributed by atoms with Gasteiger partial charge in [-0.1, -0.05) is 130 Å². The molecule has 51 heavy (non-hydrogen) atoms. The minimum atomic E-state index is 0.00273. The first-order valence-corrected chi connectivity index (χ1v) is 22.4. The van der Waals surface area contributed by atoms with E-state index < -0.39 is 0 Å². The summed E-state index contributed by atoms with van der Waals surface area (Å²) in [5.74, 6) is 0.167. The second kappa shape index (κ2) is 34.6. The van der Waals surface area contributed by atoms with Gasteiger partial charge in [-0.25, -0.2) is 0 Å². The molecule has 7 heteroatoms. The summed E-state index contributed by atoms with van der Waals surface area (Å²) >= 11 is 0. The molecule has 1 rings (SSSR count). The Morgan fingerprint density at radius 1 is 0.569 bits per heavy atom. The van der Waals surface area contributed by atoms with Crippen molar-refractivity contribution in [3.05, 3.63) is 0 Å². The zero-order valence-electron chi connectivity index (χ0n) is 34.4. The molecule has 1 aliphatic heterocycles. The quantitative estimate of drug-likeness (QED) is 0.0492. The van der Waals surface area contributed by atoms with Gasteiger partial charge >= 0.3 is 11.9 Å². The Labute approximate surface area is 316 Å². The fourth-order valence-corrected chi connectivity index (χ4v) is 7.71. The zero-order chi connectivity index (χ0) is 37.2. The fourth-order valence-electron chi connectivity index (χ4n) is 7.71. The van der Waals surface area contributed by atoms with Crippen LogP contribution in [-0.2, 0) is 19.1 Å². The molecule has 1 saturated heterocycles. The van der Waals surface area contributed by atoms with Crippen LogP contribution in [0.1, 0.15) is 207 Å². The molecule has 7 nitrogen and oxygen atoms in total. The van der Waals surface area contributed by atoms with E-state index in [1.54, 1.807) is 0 Å². The number of aliphatic hydroxyl groups is 1. The molecule has 0 aliphatic carbocycles. The lowest BCUT2D eigenvalue weighted by Crippen LogP contribution is -2.56. The largest absolute Gasteiger partial charge is 0.465 e. The lowest BCUT2D eigenvalue weighted by Gasteiger charge is -2.39. The van der Waals surface area contributed by atoms with Gasteiger partial charge in [0.25, 0.3) is 0 Å². The van der Waals surface area contributed by atoms with Crippen LogP contribution in [0.25, 0.3) is 0 Å². The Bertz CT molecular complexity index is 795. The van der Waals surface area contributed by atoms with Crippen molar-refractivity contribution in [2.45, 2.75) is 220 Å². The first-order valence-electron chi connectivity index (χ1n) is 22.4. The maximum atomic E-state index is 13.1. The van der Waals surface area contributed by atoms with Gasteiger partial charge < -0.3 is 24.8 Å². The van der Waals surface area contributed by atoms with E-state index in [9.17, 15) is 14.7 Å². The monoisotopic (exact) mass is 723 g/mol. The van der Waals surface area contributed by atoms with E-state index in [1.807, 2.05) is 0 Å². The maximum Gasteiger partial charge on any atom is 0.308 e. The standard InChI is InChI=1S/C44H86N2O5/c1-5-9-12-15-17-20-28-39(8-4)43(48)50-35-26-22-31-41-37-46(33-24-25-34-47)38-42(45-41)32-23-27-36-51-44(49)40(29-19-14-11-7-3)30-21-18-16-13-10-6-2/h39-42,45,47H,5-38H2,1-4H3. The number of aliphatic hydroxyl groups excluding tert-OH is 1. The number of nitrogens with zero attached hydrogens (tertiary/aromatic N) is 1. The molecule has 1 aliphatic rings. The van der Waals surface area contributed by atoms with E-state index in [4.69, 9.17) is 9.47 Å². The van der Waals surface area contributed by atoms with Gasteiger partial charge in [0.2, 0.25) is 0 Å². The molecule has 0 bridgehead atoms. The van der Waals surface area contributed by atoms with Gasteiger partial charge in [-0.05, 0) is 83.6 Å². The van der Waals surface area contributed by atoms with Gasteiger partial charge in [-0.2, -0.15) is 0 Å². The molecule has 302 valence electrons. The summed E-state index contributed by atoms with van der Waals surface area (Å²) in [6, 6.07) is 0.857. The maximum absolute atomic E-state index is 13.1. The minimum Gasteiger partial charge on any atom is -0.465 e. The first kappa shape index (κ1) is 47.8. The van der Waals surface area contributed by atoms with Gasteiger partial charge in [0.05, 0.1) is 25.0 Å². The lowest BCUT2D eigenvalue weighted by molar-refractivity contribution is -0.150. The molecule has 0 radical (unpaired) electrons. The summed E-state index contributed by atoms with van der Waals surface area (Å²) in [5, 5.41) is 13.2. The van der Waals surface area contributed by atoms with E-state index in [-0.39, 0.29) is 30.4 Å². The average Bonchev–Trinajstić information content (AvgIpc) is 3.13. The number of carbonyl (C=O) groups is 2. The summed E-state index contributed by atoms with van der Waals surface area (Å²) in [5.41, 5.74) is 0. The van der Waals surface area contributed by atoms with Crippen molar-refractivity contribution in [2.75, 3.05) is 39.5 Å². The molecule has 0 saturated carbocycles. The second-order valence-corrected chi connectivity index (χ2v) is 15.8. The number of esters is 2. The predicted molar refractivity (Wildman–Crippen MR) is 215 cm³/mol. The topological polar surface area (TPSA) is 88.1 Å². The zero-order valence-corrected chi connectivity index (χ0v) is 34.4. The number of nitrogens with one attached hydrogen (secondary N) is 1. The molecular weight excluding hydrogens is 636 g/mol. The Morgan fingerprint density at radius 2 is 1.00 bits per heavy atom. The van der Waals surface area contributed by atoms with Gasteiger partial charge in [0.15, 0.2) is 0 Å². The van der Waals surface area contributed by atoms with Crippen molar-refractivity contribution < 1.29 is 24.2 Å². The molecule has 2 N–H and O–H groups in total.